The Morgan fingerprint density at radius 1 is 1.21 bits per heavy atom. The minimum Gasteiger partial charge on any atom is -0.383 e. The zero-order valence-corrected chi connectivity index (χ0v) is 19.8. The number of rotatable bonds is 5. The van der Waals surface area contributed by atoms with Gasteiger partial charge in [0.1, 0.15) is 16.5 Å². The summed E-state index contributed by atoms with van der Waals surface area (Å²) in [7, 11) is -4.27. The number of nitrogen functional groups attached to an aromatic ring is 1. The molecule has 178 valence electrons. The van der Waals surface area contributed by atoms with Crippen LogP contribution in [0.2, 0.25) is 0 Å². The Morgan fingerprint density at radius 2 is 1.97 bits per heavy atom. The highest BCUT2D eigenvalue weighted by atomic mass is 32.2. The number of halogens is 1. The summed E-state index contributed by atoms with van der Waals surface area (Å²) in [5.41, 5.74) is 6.51. The molecule has 1 aliphatic rings. The van der Waals surface area contributed by atoms with Crippen LogP contribution in [0.25, 0.3) is 11.3 Å². The van der Waals surface area contributed by atoms with Crippen LogP contribution in [-0.2, 0) is 10.0 Å². The van der Waals surface area contributed by atoms with Crippen molar-refractivity contribution in [2.75, 3.05) is 17.2 Å². The van der Waals surface area contributed by atoms with Gasteiger partial charge in [-0.1, -0.05) is 6.92 Å². The number of sulfonamides is 1. The lowest BCUT2D eigenvalue weighted by molar-refractivity contribution is 0.0981. The second-order valence-corrected chi connectivity index (χ2v) is 10.6. The van der Waals surface area contributed by atoms with Gasteiger partial charge in [0.15, 0.2) is 0 Å². The van der Waals surface area contributed by atoms with Crippen LogP contribution >= 0.6 is 0 Å². The molecule has 3 aromatic heterocycles. The summed E-state index contributed by atoms with van der Waals surface area (Å²) in [5, 5.41) is 0. The van der Waals surface area contributed by atoms with Crippen molar-refractivity contribution in [3.8, 4) is 11.3 Å². The molecule has 0 spiro atoms. The summed E-state index contributed by atoms with van der Waals surface area (Å²) < 4.78 is 41.1. The van der Waals surface area contributed by atoms with Gasteiger partial charge < -0.3 is 10.6 Å². The lowest BCUT2D eigenvalue weighted by atomic mass is 9.97. The third-order valence-electron chi connectivity index (χ3n) is 5.79. The van der Waals surface area contributed by atoms with Crippen LogP contribution in [0.5, 0.6) is 0 Å². The highest BCUT2D eigenvalue weighted by molar-refractivity contribution is 7.90. The van der Waals surface area contributed by atoms with Crippen molar-refractivity contribution in [2.24, 2.45) is 5.92 Å². The van der Waals surface area contributed by atoms with Gasteiger partial charge in [-0.25, -0.2) is 28.1 Å². The zero-order chi connectivity index (χ0) is 24.7. The molecule has 3 aromatic rings. The fourth-order valence-electron chi connectivity index (χ4n) is 4.34. The summed E-state index contributed by atoms with van der Waals surface area (Å²) >= 11 is 0. The van der Waals surface area contributed by atoms with Gasteiger partial charge in [0.25, 0.3) is 15.9 Å². The molecule has 1 amide bonds. The number of hydrogen-bond donors (Lipinski definition) is 2. The summed E-state index contributed by atoms with van der Waals surface area (Å²) in [4.78, 5) is 27.1. The molecule has 34 heavy (non-hydrogen) atoms. The van der Waals surface area contributed by atoms with E-state index in [4.69, 9.17) is 10.7 Å². The highest BCUT2D eigenvalue weighted by Gasteiger charge is 2.39. The molecule has 1 fully saturated rings. The van der Waals surface area contributed by atoms with Gasteiger partial charge >= 0.3 is 0 Å². The van der Waals surface area contributed by atoms with E-state index in [-0.39, 0.29) is 21.8 Å². The van der Waals surface area contributed by atoms with Crippen LogP contribution in [0.1, 0.15) is 37.6 Å². The van der Waals surface area contributed by atoms with E-state index in [0.29, 0.717) is 29.5 Å². The second kappa shape index (κ2) is 8.64. The minimum atomic E-state index is -4.27. The lowest BCUT2D eigenvalue weighted by Crippen LogP contribution is -2.41. The topological polar surface area (TPSA) is 131 Å². The Labute approximate surface area is 197 Å². The fourth-order valence-corrected chi connectivity index (χ4v) is 5.39. The first-order valence-corrected chi connectivity index (χ1v) is 12.1. The molecule has 9 nitrogen and oxygen atoms in total. The molecule has 0 saturated carbocycles. The second-order valence-electron chi connectivity index (χ2n) is 8.99. The van der Waals surface area contributed by atoms with Crippen LogP contribution < -0.4 is 15.4 Å². The summed E-state index contributed by atoms with van der Waals surface area (Å²) in [6.45, 7) is 6.82. The number of anilines is 2. The van der Waals surface area contributed by atoms with Gasteiger partial charge in [-0.2, -0.15) is 4.39 Å². The third kappa shape index (κ3) is 4.56. The van der Waals surface area contributed by atoms with Crippen molar-refractivity contribution in [3.05, 3.63) is 60.3 Å². The molecule has 0 unspecified atom stereocenters. The molecule has 1 atom stereocenters. The van der Waals surface area contributed by atoms with Crippen molar-refractivity contribution < 1.29 is 17.6 Å². The molecule has 4 rings (SSSR count). The van der Waals surface area contributed by atoms with Crippen LogP contribution in [0.3, 0.4) is 0 Å². The number of amides is 1. The molecule has 0 radical (unpaired) electrons. The smallest absolute Gasteiger partial charge is 0.268 e. The van der Waals surface area contributed by atoms with Gasteiger partial charge in [0.2, 0.25) is 5.95 Å². The molecule has 0 aliphatic carbocycles. The Hall–Kier alpha value is -3.60. The number of aromatic nitrogens is 3. The maximum atomic E-state index is 13.3. The van der Waals surface area contributed by atoms with Crippen LogP contribution in [0, 0.1) is 11.9 Å². The number of hydrogen-bond acceptors (Lipinski definition) is 8. The van der Waals surface area contributed by atoms with E-state index < -0.39 is 21.9 Å². The quantitative estimate of drug-likeness (QED) is 0.529. The Bertz CT molecular complexity index is 1350. The minimum absolute atomic E-state index is 0.0898. The summed E-state index contributed by atoms with van der Waals surface area (Å²) in [5.74, 6) is -1.00. The van der Waals surface area contributed by atoms with E-state index in [0.717, 1.165) is 6.42 Å². The average Bonchev–Trinajstić information content (AvgIpc) is 3.05. The van der Waals surface area contributed by atoms with Crippen molar-refractivity contribution in [1.29, 1.82) is 0 Å². The maximum Gasteiger partial charge on any atom is 0.268 e. The molecule has 0 aromatic carbocycles. The van der Waals surface area contributed by atoms with E-state index in [9.17, 15) is 17.6 Å². The van der Waals surface area contributed by atoms with Crippen LogP contribution in [0.4, 0.5) is 16.0 Å². The Kier molecular flexibility index (Phi) is 5.98. The maximum absolute atomic E-state index is 13.3. The summed E-state index contributed by atoms with van der Waals surface area (Å²) in [6, 6.07) is 8.54. The van der Waals surface area contributed by atoms with Gasteiger partial charge in [-0.05, 0) is 62.6 Å². The Balaban J connectivity index is 1.77. The average molecular weight is 485 g/mol. The van der Waals surface area contributed by atoms with Crippen molar-refractivity contribution in [3.63, 3.8) is 0 Å². The first-order chi connectivity index (χ1) is 16.0. The van der Waals surface area contributed by atoms with Crippen LogP contribution in [0.15, 0.2) is 53.7 Å². The first kappa shape index (κ1) is 23.6. The van der Waals surface area contributed by atoms with E-state index in [1.54, 1.807) is 12.1 Å². The Morgan fingerprint density at radius 3 is 2.59 bits per heavy atom. The molecule has 1 saturated heterocycles. The number of nitrogens with zero attached hydrogens (tertiary/aromatic N) is 4. The molecule has 11 heteroatoms. The molecule has 4 heterocycles. The summed E-state index contributed by atoms with van der Waals surface area (Å²) in [6.07, 6.45) is 3.58. The van der Waals surface area contributed by atoms with E-state index in [1.807, 2.05) is 18.7 Å². The van der Waals surface area contributed by atoms with Crippen LogP contribution in [-0.4, -0.2) is 41.4 Å². The predicted octanol–water partition coefficient (Wildman–Crippen LogP) is 3.00. The third-order valence-corrected chi connectivity index (χ3v) is 7.17. The van der Waals surface area contributed by atoms with E-state index in [2.05, 4.69) is 21.6 Å². The SMILES string of the molecule is C[C@@H]1CN(c2nc(-c3ccc(F)nc3)ccc2C(=O)NS(=O)(=O)c2cccnc2N)C(C)(C)C1. The standard InChI is InChI=1S/C23H25FN6O3S/c1-14-11-23(2,3)30(13-14)21-16(7-8-17(28-21)15-6-9-19(24)27-12-15)22(31)29-34(32,33)18-5-4-10-26-20(18)25/h4-10,12,14H,11,13H2,1-3H3,(H2,25,26)(H,29,31)/t14-/m0/s1. The van der Waals surface area contributed by atoms with E-state index in [1.165, 1.54) is 36.7 Å². The van der Waals surface area contributed by atoms with Gasteiger partial charge in [-0.15, -0.1) is 0 Å². The predicted molar refractivity (Wildman–Crippen MR) is 126 cm³/mol. The van der Waals surface area contributed by atoms with Crippen molar-refractivity contribution in [1.82, 2.24) is 19.7 Å². The molecule has 0 bridgehead atoms. The first-order valence-electron chi connectivity index (χ1n) is 10.7. The molecular formula is C23H25FN6O3S. The number of nitrogens with one attached hydrogen (secondary N) is 1. The largest absolute Gasteiger partial charge is 0.383 e. The zero-order valence-electron chi connectivity index (χ0n) is 19.0. The fraction of sp³-hybridized carbons (Fsp3) is 0.304. The molecule has 1 aliphatic heterocycles. The molecule has 3 N–H and O–H groups in total. The number of carbonyl (C=O) groups excluding carboxylic acids is 1. The monoisotopic (exact) mass is 484 g/mol. The normalized spacial score (nSPS) is 17.5. The number of nitrogens with two attached hydrogens (primary N) is 1. The van der Waals surface area contributed by atoms with Gasteiger partial charge in [-0.3, -0.25) is 4.79 Å². The van der Waals surface area contributed by atoms with Crippen molar-refractivity contribution >= 4 is 27.6 Å². The van der Waals surface area contributed by atoms with Gasteiger partial charge in [0.05, 0.1) is 11.3 Å². The van der Waals surface area contributed by atoms with Crippen molar-refractivity contribution in [2.45, 2.75) is 37.6 Å². The lowest BCUT2D eigenvalue weighted by Gasteiger charge is -2.34. The number of carbonyl (C=O) groups is 1. The molecular weight excluding hydrogens is 459 g/mol. The highest BCUT2D eigenvalue weighted by Crippen LogP contribution is 2.38. The van der Waals surface area contributed by atoms with Gasteiger partial charge in [0, 0.05) is 30.0 Å². The number of pyridine rings is 3. The van der Waals surface area contributed by atoms with E-state index >= 15 is 0 Å².